The number of rotatable bonds is 6. The van der Waals surface area contributed by atoms with Gasteiger partial charge in [-0.2, -0.15) is 5.01 Å². The topological polar surface area (TPSA) is 58.6 Å². The molecular formula is C22H15ClN2O3S3. The summed E-state index contributed by atoms with van der Waals surface area (Å²) in [4.78, 5) is 25.9. The van der Waals surface area contributed by atoms with Crippen molar-refractivity contribution < 1.29 is 14.3 Å². The van der Waals surface area contributed by atoms with E-state index in [4.69, 9.17) is 28.6 Å². The number of benzene rings is 2. The van der Waals surface area contributed by atoms with E-state index in [0.29, 0.717) is 27.2 Å². The summed E-state index contributed by atoms with van der Waals surface area (Å²) in [5.41, 5.74) is 4.23. The highest BCUT2D eigenvalue weighted by Crippen LogP contribution is 2.32. The highest BCUT2D eigenvalue weighted by Gasteiger charge is 2.33. The van der Waals surface area contributed by atoms with Crippen LogP contribution in [-0.2, 0) is 11.4 Å². The molecule has 1 aliphatic rings. The Morgan fingerprint density at radius 1 is 1.16 bits per heavy atom. The first-order chi connectivity index (χ1) is 15.0. The molecule has 0 atom stereocenters. The number of carbonyl (C=O) groups excluding carboxylic acids is 2. The number of thioether (sulfide) groups is 1. The summed E-state index contributed by atoms with van der Waals surface area (Å²) >= 11 is 13.9. The summed E-state index contributed by atoms with van der Waals surface area (Å²) in [7, 11) is 0. The van der Waals surface area contributed by atoms with Crippen molar-refractivity contribution in [3.63, 3.8) is 0 Å². The Balaban J connectivity index is 1.45. The van der Waals surface area contributed by atoms with Gasteiger partial charge in [0, 0.05) is 10.6 Å². The standard InChI is InChI=1S/C22H15ClN2O3S3/c23-17-8-2-1-6-15(17)13-28-16-7-3-5-14(11-16)12-19-21(27)25(22(29)31-19)24-20(26)18-9-4-10-30-18/h1-12H,13H2,(H,24,26)/b19-12+. The summed E-state index contributed by atoms with van der Waals surface area (Å²) < 4.78 is 6.11. The molecule has 0 unspecified atom stereocenters. The van der Waals surface area contributed by atoms with Crippen LogP contribution in [0.2, 0.25) is 5.02 Å². The Labute approximate surface area is 197 Å². The molecule has 0 aliphatic carbocycles. The average Bonchev–Trinajstić information content (AvgIpc) is 3.39. The predicted octanol–water partition coefficient (Wildman–Crippen LogP) is 5.53. The second kappa shape index (κ2) is 9.65. The van der Waals surface area contributed by atoms with Crippen LogP contribution < -0.4 is 10.2 Å². The van der Waals surface area contributed by atoms with E-state index in [-0.39, 0.29) is 16.1 Å². The lowest BCUT2D eigenvalue weighted by molar-refractivity contribution is -0.123. The van der Waals surface area contributed by atoms with Crippen LogP contribution in [0.25, 0.3) is 6.08 Å². The number of thiocarbonyl (C=S) groups is 1. The summed E-state index contributed by atoms with van der Waals surface area (Å²) in [5.74, 6) is -0.0973. The van der Waals surface area contributed by atoms with E-state index in [0.717, 1.165) is 27.9 Å². The van der Waals surface area contributed by atoms with E-state index in [1.807, 2.05) is 48.5 Å². The van der Waals surface area contributed by atoms with Crippen molar-refractivity contribution in [3.8, 4) is 5.75 Å². The van der Waals surface area contributed by atoms with Gasteiger partial charge in [0.25, 0.3) is 11.8 Å². The molecule has 2 heterocycles. The summed E-state index contributed by atoms with van der Waals surface area (Å²) in [6.45, 7) is 0.333. The van der Waals surface area contributed by atoms with Crippen molar-refractivity contribution in [3.05, 3.63) is 92.0 Å². The fourth-order valence-corrected chi connectivity index (χ4v) is 4.73. The Bertz CT molecular complexity index is 1180. The number of nitrogens with one attached hydrogen (secondary N) is 1. The molecule has 0 spiro atoms. The number of amides is 2. The Hall–Kier alpha value is -2.65. The summed E-state index contributed by atoms with van der Waals surface area (Å²) in [6, 6.07) is 18.3. The quantitative estimate of drug-likeness (QED) is 0.367. The zero-order valence-electron chi connectivity index (χ0n) is 15.9. The Kier molecular flexibility index (Phi) is 6.72. The average molecular weight is 487 g/mol. The molecule has 1 aromatic heterocycles. The molecule has 1 saturated heterocycles. The van der Waals surface area contributed by atoms with Gasteiger partial charge in [-0.25, -0.2) is 0 Å². The number of nitrogens with zero attached hydrogens (tertiary/aromatic N) is 1. The van der Waals surface area contributed by atoms with Crippen molar-refractivity contribution in [1.82, 2.24) is 10.4 Å². The molecule has 2 aromatic carbocycles. The third-order valence-corrected chi connectivity index (χ3v) is 6.80. The molecule has 0 bridgehead atoms. The minimum absolute atomic E-state index is 0.271. The van der Waals surface area contributed by atoms with Gasteiger partial charge in [0.05, 0.1) is 9.78 Å². The van der Waals surface area contributed by atoms with Crippen LogP contribution in [0.5, 0.6) is 5.75 Å². The molecule has 1 aliphatic heterocycles. The SMILES string of the molecule is O=C(NN1C(=O)/C(=C\c2cccc(OCc3ccccc3Cl)c2)SC1=S)c1cccs1. The first-order valence-electron chi connectivity index (χ1n) is 9.10. The van der Waals surface area contributed by atoms with Gasteiger partial charge >= 0.3 is 0 Å². The van der Waals surface area contributed by atoms with Crippen molar-refractivity contribution in [2.75, 3.05) is 0 Å². The molecule has 9 heteroatoms. The fourth-order valence-electron chi connectivity index (χ4n) is 2.75. The molecule has 3 aromatic rings. The first-order valence-corrected chi connectivity index (χ1v) is 11.6. The zero-order chi connectivity index (χ0) is 21.8. The van der Waals surface area contributed by atoms with Gasteiger partial charge < -0.3 is 4.74 Å². The largest absolute Gasteiger partial charge is 0.489 e. The highest BCUT2D eigenvalue weighted by molar-refractivity contribution is 8.26. The molecule has 1 N–H and O–H groups in total. The summed E-state index contributed by atoms with van der Waals surface area (Å²) in [5, 5.41) is 3.54. The highest BCUT2D eigenvalue weighted by atomic mass is 35.5. The number of ether oxygens (including phenoxy) is 1. The van der Waals surface area contributed by atoms with Crippen LogP contribution >= 0.6 is 46.9 Å². The van der Waals surface area contributed by atoms with Gasteiger partial charge in [-0.3, -0.25) is 15.0 Å². The van der Waals surface area contributed by atoms with Crippen LogP contribution in [0.4, 0.5) is 0 Å². The molecule has 5 nitrogen and oxygen atoms in total. The second-order valence-corrected chi connectivity index (χ2v) is 9.42. The predicted molar refractivity (Wildman–Crippen MR) is 129 cm³/mol. The van der Waals surface area contributed by atoms with E-state index in [1.165, 1.54) is 11.3 Å². The van der Waals surface area contributed by atoms with Crippen molar-refractivity contribution in [1.29, 1.82) is 0 Å². The van der Waals surface area contributed by atoms with E-state index < -0.39 is 0 Å². The maximum absolute atomic E-state index is 12.8. The molecule has 156 valence electrons. The molecule has 0 saturated carbocycles. The molecule has 0 radical (unpaired) electrons. The van der Waals surface area contributed by atoms with Crippen molar-refractivity contribution in [2.45, 2.75) is 6.61 Å². The van der Waals surface area contributed by atoms with E-state index >= 15 is 0 Å². The normalized spacial score (nSPS) is 14.9. The summed E-state index contributed by atoms with van der Waals surface area (Å²) in [6.07, 6.45) is 1.72. The van der Waals surface area contributed by atoms with Gasteiger partial charge in [0.15, 0.2) is 4.32 Å². The van der Waals surface area contributed by atoms with Crippen LogP contribution in [0.15, 0.2) is 70.9 Å². The molecule has 2 amide bonds. The number of hydrogen-bond acceptors (Lipinski definition) is 6. The van der Waals surface area contributed by atoms with Gasteiger partial charge in [-0.15, -0.1) is 11.3 Å². The van der Waals surface area contributed by atoms with Gasteiger partial charge in [-0.1, -0.05) is 59.8 Å². The second-order valence-electron chi connectivity index (χ2n) is 6.39. The smallest absolute Gasteiger partial charge is 0.285 e. The lowest BCUT2D eigenvalue weighted by Crippen LogP contribution is -2.44. The van der Waals surface area contributed by atoms with Crippen LogP contribution in [0, 0.1) is 0 Å². The van der Waals surface area contributed by atoms with E-state index in [2.05, 4.69) is 5.43 Å². The minimum Gasteiger partial charge on any atom is -0.489 e. The number of hydrogen-bond donors (Lipinski definition) is 1. The molecular weight excluding hydrogens is 472 g/mol. The van der Waals surface area contributed by atoms with E-state index in [1.54, 1.807) is 23.6 Å². The van der Waals surface area contributed by atoms with Crippen LogP contribution in [-0.4, -0.2) is 21.1 Å². The van der Waals surface area contributed by atoms with Crippen molar-refractivity contribution in [2.24, 2.45) is 0 Å². The fraction of sp³-hybridized carbons (Fsp3) is 0.0455. The number of halogens is 1. The van der Waals surface area contributed by atoms with Gasteiger partial charge in [-0.05, 0) is 53.5 Å². The number of carbonyl (C=O) groups is 2. The molecule has 4 rings (SSSR count). The van der Waals surface area contributed by atoms with Gasteiger partial charge in [0.2, 0.25) is 0 Å². The number of hydrazine groups is 1. The molecule has 1 fully saturated rings. The van der Waals surface area contributed by atoms with E-state index in [9.17, 15) is 9.59 Å². The molecule has 31 heavy (non-hydrogen) atoms. The zero-order valence-corrected chi connectivity index (χ0v) is 19.1. The Morgan fingerprint density at radius 3 is 2.77 bits per heavy atom. The first kappa shape index (κ1) is 21.6. The van der Waals surface area contributed by atoms with Crippen molar-refractivity contribution >= 4 is 69.1 Å². The minimum atomic E-state index is -0.373. The monoisotopic (exact) mass is 486 g/mol. The number of thiophene rings is 1. The lowest BCUT2D eigenvalue weighted by Gasteiger charge is -2.14. The maximum Gasteiger partial charge on any atom is 0.285 e. The third kappa shape index (κ3) is 5.16. The van der Waals surface area contributed by atoms with Gasteiger partial charge in [0.1, 0.15) is 12.4 Å². The Morgan fingerprint density at radius 2 is 2.00 bits per heavy atom. The van der Waals surface area contributed by atoms with Crippen LogP contribution in [0.3, 0.4) is 0 Å². The lowest BCUT2D eigenvalue weighted by atomic mass is 10.2. The third-order valence-electron chi connectivity index (χ3n) is 4.26. The maximum atomic E-state index is 12.8. The van der Waals surface area contributed by atoms with Crippen LogP contribution in [0.1, 0.15) is 20.8 Å².